The highest BCUT2D eigenvalue weighted by atomic mass is 16.5. The van der Waals surface area contributed by atoms with Gasteiger partial charge in [-0.05, 0) is 88.8 Å². The normalized spacial score (nSPS) is 13.3. The summed E-state index contributed by atoms with van der Waals surface area (Å²) in [6, 6.07) is 11.6. The summed E-state index contributed by atoms with van der Waals surface area (Å²) in [4.78, 5) is 28.4. The van der Waals surface area contributed by atoms with Crippen LogP contribution in [0.2, 0.25) is 0 Å². The summed E-state index contributed by atoms with van der Waals surface area (Å²) in [7, 11) is 6.32. The molecule has 344 valence electrons. The number of fused-ring (bicyclic) bond motifs is 1. The minimum atomic E-state index is -0.351. The fourth-order valence-corrected chi connectivity index (χ4v) is 5.86. The monoisotopic (exact) mass is 865 g/mol. The van der Waals surface area contributed by atoms with E-state index in [0.717, 1.165) is 75.6 Å². The Morgan fingerprint density at radius 2 is 1.52 bits per heavy atom. The van der Waals surface area contributed by atoms with Crippen molar-refractivity contribution in [1.82, 2.24) is 20.4 Å². The third-order valence-electron chi connectivity index (χ3n) is 8.84. The van der Waals surface area contributed by atoms with Gasteiger partial charge >= 0.3 is 0 Å². The summed E-state index contributed by atoms with van der Waals surface area (Å²) in [5.74, 6) is 2.74. The van der Waals surface area contributed by atoms with E-state index >= 15 is 0 Å². The van der Waals surface area contributed by atoms with E-state index in [1.807, 2.05) is 0 Å². The third-order valence-corrected chi connectivity index (χ3v) is 8.84. The zero-order chi connectivity index (χ0) is 46.1. The number of methoxy groups -OCH3 is 4. The van der Waals surface area contributed by atoms with Gasteiger partial charge < -0.3 is 49.3 Å². The van der Waals surface area contributed by atoms with E-state index in [2.05, 4.69) is 60.7 Å². The second-order valence-electron chi connectivity index (χ2n) is 13.5. The van der Waals surface area contributed by atoms with Crippen molar-refractivity contribution in [2.45, 2.75) is 60.2 Å². The first-order chi connectivity index (χ1) is 30.0. The molecule has 14 nitrogen and oxygen atoms in total. The molecule has 14 heteroatoms. The molecule has 0 aliphatic carbocycles. The fourth-order valence-electron chi connectivity index (χ4n) is 5.86. The minimum Gasteiger partial charge on any atom is -0.501 e. The Labute approximate surface area is 370 Å². The van der Waals surface area contributed by atoms with E-state index in [4.69, 9.17) is 38.6 Å². The van der Waals surface area contributed by atoms with Crippen molar-refractivity contribution in [3.8, 4) is 17.2 Å². The maximum absolute atomic E-state index is 12.6. The summed E-state index contributed by atoms with van der Waals surface area (Å²) in [6.45, 7) is 23.8. The van der Waals surface area contributed by atoms with Gasteiger partial charge in [-0.2, -0.15) is 0 Å². The van der Waals surface area contributed by atoms with Gasteiger partial charge in [0.05, 0.1) is 54.5 Å². The number of hydrogen-bond donors (Lipinski definition) is 4. The zero-order valence-corrected chi connectivity index (χ0v) is 38.3. The van der Waals surface area contributed by atoms with Crippen LogP contribution in [0.4, 0.5) is 0 Å². The first-order valence-corrected chi connectivity index (χ1v) is 21.0. The number of aliphatic hydroxyl groups is 2. The van der Waals surface area contributed by atoms with Crippen molar-refractivity contribution in [3.05, 3.63) is 126 Å². The standard InChI is InChI=1S/C22H28N2O5.C22H32N2O3.2C2H6O/c1-4-23-11-7-13-29-12-6-5-8-17-14-21(25)24(22(17)26)16-18-9-10-19(27-2)15-20(18)28-3;1-6-23-11-8-12-27-21-10-7-9-19-15-24(16-20(19)21)14-17(2)22(26-5)13-18(3)25-4;2*1-2-3/h5-6,8-10,12,14-15,23H,4,7,11,13,16H2,1-3H3;7,9-10,13,23H,2-3,6,8,11-12,14-16H2,1,4-5H3;2*3H,2H2,1H3/b8-5-,12-6+;22-13+;;. The second-order valence-corrected chi connectivity index (χ2v) is 13.5. The van der Waals surface area contributed by atoms with Gasteiger partial charge in [-0.15, -0.1) is 0 Å². The molecule has 62 heavy (non-hydrogen) atoms. The van der Waals surface area contributed by atoms with Crippen LogP contribution >= 0.6 is 0 Å². The average Bonchev–Trinajstić information content (AvgIpc) is 3.81. The molecule has 4 rings (SSSR count). The molecular formula is C48H72N4O10. The molecule has 2 aromatic rings. The van der Waals surface area contributed by atoms with Crippen molar-refractivity contribution in [2.75, 3.05) is 87.6 Å². The fraction of sp³-hybridized carbons (Fsp3) is 0.458. The highest BCUT2D eigenvalue weighted by Gasteiger charge is 2.30. The lowest BCUT2D eigenvalue weighted by molar-refractivity contribution is -0.137. The van der Waals surface area contributed by atoms with Crippen molar-refractivity contribution in [3.63, 3.8) is 0 Å². The van der Waals surface area contributed by atoms with Crippen LogP contribution < -0.4 is 24.8 Å². The number of aliphatic hydroxyl groups excluding tert-OH is 2. The van der Waals surface area contributed by atoms with Gasteiger partial charge in [-0.3, -0.25) is 19.4 Å². The van der Waals surface area contributed by atoms with E-state index in [-0.39, 0.29) is 31.6 Å². The van der Waals surface area contributed by atoms with Crippen LogP contribution in [-0.2, 0) is 43.4 Å². The molecule has 0 atom stereocenters. The van der Waals surface area contributed by atoms with Crippen LogP contribution in [0.5, 0.6) is 17.2 Å². The topological polar surface area (TPSA) is 161 Å². The SMILES string of the molecule is C=C(/C=C(/OC)C(=C)CN1Cc2cccc(OCCCNCC)c2C1)OC.CCNCCCO/C=C/C=C\C1=CC(=O)N(Cc2ccc(OC)cc2OC)C1=O.CCO.CCO. The summed E-state index contributed by atoms with van der Waals surface area (Å²) in [5, 5.41) is 21.7. The quantitative estimate of drug-likeness (QED) is 0.0409. The number of nitrogens with zero attached hydrogens (tertiary/aromatic N) is 2. The van der Waals surface area contributed by atoms with E-state index in [1.165, 1.54) is 29.2 Å². The Hall–Kier alpha value is -5.38. The summed E-state index contributed by atoms with van der Waals surface area (Å²) < 4.78 is 32.5. The first-order valence-electron chi connectivity index (χ1n) is 21.0. The first kappa shape index (κ1) is 54.6. The minimum absolute atomic E-state index is 0.128. The van der Waals surface area contributed by atoms with E-state index in [9.17, 15) is 9.59 Å². The largest absolute Gasteiger partial charge is 0.501 e. The summed E-state index contributed by atoms with van der Waals surface area (Å²) in [5.41, 5.74) is 4.55. The Bertz CT molecular complexity index is 1770. The predicted molar refractivity (Wildman–Crippen MR) is 246 cm³/mol. The Balaban J connectivity index is 0.000000551. The van der Waals surface area contributed by atoms with Crippen molar-refractivity contribution >= 4 is 11.8 Å². The highest BCUT2D eigenvalue weighted by molar-refractivity contribution is 6.17. The lowest BCUT2D eigenvalue weighted by atomic mass is 10.1. The molecule has 2 aromatic carbocycles. The average molecular weight is 865 g/mol. The number of imide groups is 1. The molecule has 0 aromatic heterocycles. The summed E-state index contributed by atoms with van der Waals surface area (Å²) >= 11 is 0. The molecule has 2 amide bonds. The van der Waals surface area contributed by atoms with Gasteiger partial charge in [0, 0.05) is 73.3 Å². The molecule has 0 saturated carbocycles. The van der Waals surface area contributed by atoms with Gasteiger partial charge in [0.1, 0.15) is 28.8 Å². The smallest absolute Gasteiger partial charge is 0.261 e. The molecule has 2 aliphatic rings. The molecular weight excluding hydrogens is 793 g/mol. The number of hydrogen-bond acceptors (Lipinski definition) is 13. The predicted octanol–water partition coefficient (Wildman–Crippen LogP) is 6.21. The number of rotatable bonds is 24. The zero-order valence-electron chi connectivity index (χ0n) is 38.3. The van der Waals surface area contributed by atoms with Crippen LogP contribution in [0.1, 0.15) is 57.2 Å². The number of carbonyl (C=O) groups excluding carboxylic acids is 2. The maximum atomic E-state index is 12.6. The molecule has 0 unspecified atom stereocenters. The molecule has 2 heterocycles. The Kier molecular flexibility index (Phi) is 29.3. The van der Waals surface area contributed by atoms with E-state index < -0.39 is 0 Å². The molecule has 0 bridgehead atoms. The van der Waals surface area contributed by atoms with Gasteiger partial charge in [0.25, 0.3) is 11.8 Å². The number of allylic oxidation sites excluding steroid dienone is 3. The number of benzene rings is 2. The van der Waals surface area contributed by atoms with Gasteiger partial charge in [0.15, 0.2) is 0 Å². The second kappa shape index (κ2) is 33.3. The van der Waals surface area contributed by atoms with Gasteiger partial charge in [-0.1, -0.05) is 45.2 Å². The number of nitrogens with one attached hydrogen (secondary N) is 2. The van der Waals surface area contributed by atoms with Crippen molar-refractivity contribution < 1.29 is 48.2 Å². The maximum Gasteiger partial charge on any atom is 0.261 e. The van der Waals surface area contributed by atoms with Crippen LogP contribution in [0, 0.1) is 0 Å². The molecule has 0 spiro atoms. The Morgan fingerprint density at radius 1 is 0.839 bits per heavy atom. The van der Waals surface area contributed by atoms with E-state index in [1.54, 1.807) is 83.9 Å². The van der Waals surface area contributed by atoms with Crippen LogP contribution in [0.25, 0.3) is 0 Å². The van der Waals surface area contributed by atoms with Crippen molar-refractivity contribution in [1.29, 1.82) is 0 Å². The number of carbonyl (C=O) groups is 2. The molecule has 2 aliphatic heterocycles. The molecule has 0 saturated heterocycles. The van der Waals surface area contributed by atoms with Gasteiger partial charge in [0.2, 0.25) is 0 Å². The van der Waals surface area contributed by atoms with Crippen LogP contribution in [0.3, 0.4) is 0 Å². The highest BCUT2D eigenvalue weighted by Crippen LogP contribution is 2.32. The molecule has 0 radical (unpaired) electrons. The van der Waals surface area contributed by atoms with Crippen LogP contribution in [0.15, 0.2) is 109 Å². The lowest BCUT2D eigenvalue weighted by Crippen LogP contribution is -2.30. The number of ether oxygens (including phenoxy) is 6. The lowest BCUT2D eigenvalue weighted by Gasteiger charge is -2.18. The third kappa shape index (κ3) is 20.5. The number of amides is 2. The molecule has 0 fully saturated rings. The Morgan fingerprint density at radius 3 is 2.13 bits per heavy atom. The summed E-state index contributed by atoms with van der Waals surface area (Å²) in [6.07, 6.45) is 11.6. The van der Waals surface area contributed by atoms with Gasteiger partial charge in [-0.25, -0.2) is 0 Å². The van der Waals surface area contributed by atoms with Crippen LogP contribution in [-0.4, -0.2) is 119 Å². The molecule has 4 N–H and O–H groups in total. The van der Waals surface area contributed by atoms with Crippen molar-refractivity contribution in [2.24, 2.45) is 0 Å². The van der Waals surface area contributed by atoms with E-state index in [0.29, 0.717) is 41.7 Å².